The van der Waals surface area contributed by atoms with Gasteiger partial charge in [-0.15, -0.1) is 0 Å². The number of hydrogen-bond acceptors (Lipinski definition) is 0. The maximum Gasteiger partial charge on any atom is 0.123 e. The molecule has 0 heterocycles. The molecular weight excluding hydrogens is 211 g/mol. The molecule has 0 aromatic heterocycles. The summed E-state index contributed by atoms with van der Waals surface area (Å²) in [6, 6.07) is 6.91. The molecule has 0 aliphatic carbocycles. The molecule has 0 fully saturated rings. The summed E-state index contributed by atoms with van der Waals surface area (Å²) in [6.45, 7) is 6.29. The molecule has 1 atom stereocenters. The smallest absolute Gasteiger partial charge is 0.123 e. The van der Waals surface area contributed by atoms with Gasteiger partial charge in [0, 0.05) is 5.92 Å². The van der Waals surface area contributed by atoms with Crippen LogP contribution in [-0.2, 0) is 0 Å². The Balaban J connectivity index is 3.01. The van der Waals surface area contributed by atoms with Crippen molar-refractivity contribution in [1.82, 2.24) is 0 Å². The lowest BCUT2D eigenvalue weighted by atomic mass is 9.88. The van der Waals surface area contributed by atoms with Crippen LogP contribution in [0, 0.1) is 5.82 Å². The van der Waals surface area contributed by atoms with Gasteiger partial charge in [0.15, 0.2) is 0 Å². The fourth-order valence-electron chi connectivity index (χ4n) is 2.05. The minimum absolute atomic E-state index is 0.157. The predicted octanol–water partition coefficient (Wildman–Crippen LogP) is 5.23. The van der Waals surface area contributed by atoms with Crippen molar-refractivity contribution < 1.29 is 4.39 Å². The standard InChI is InChI=1S/C16H21F/c1-4-7-9-13(5-2)16(6-3)14-10-8-11-15(17)12-14/h5,7-12,16H,4,6H2,1-3H3/b9-7-,13-5+. The summed E-state index contributed by atoms with van der Waals surface area (Å²) < 4.78 is 13.2. The lowest BCUT2D eigenvalue weighted by Gasteiger charge is -2.17. The van der Waals surface area contributed by atoms with E-state index in [0.717, 1.165) is 18.4 Å². The Morgan fingerprint density at radius 3 is 2.65 bits per heavy atom. The van der Waals surface area contributed by atoms with Crippen molar-refractivity contribution in [2.75, 3.05) is 0 Å². The molecule has 0 saturated carbocycles. The molecule has 1 aromatic rings. The molecule has 92 valence electrons. The van der Waals surface area contributed by atoms with E-state index in [4.69, 9.17) is 0 Å². The molecule has 1 rings (SSSR count). The van der Waals surface area contributed by atoms with Gasteiger partial charge in [0.1, 0.15) is 5.82 Å². The van der Waals surface area contributed by atoms with Crippen molar-refractivity contribution in [2.24, 2.45) is 0 Å². The van der Waals surface area contributed by atoms with Crippen molar-refractivity contribution >= 4 is 0 Å². The highest BCUT2D eigenvalue weighted by Crippen LogP contribution is 2.29. The van der Waals surface area contributed by atoms with Gasteiger partial charge in [0.25, 0.3) is 0 Å². The van der Waals surface area contributed by atoms with Crippen LogP contribution in [0.4, 0.5) is 4.39 Å². The first kappa shape index (κ1) is 13.7. The zero-order valence-corrected chi connectivity index (χ0v) is 10.9. The molecular formula is C16H21F. The molecule has 0 amide bonds. The third-order valence-corrected chi connectivity index (χ3v) is 2.94. The summed E-state index contributed by atoms with van der Waals surface area (Å²) in [7, 11) is 0. The Hall–Kier alpha value is -1.37. The topological polar surface area (TPSA) is 0 Å². The molecule has 0 radical (unpaired) electrons. The zero-order chi connectivity index (χ0) is 12.7. The molecule has 0 saturated heterocycles. The van der Waals surface area contributed by atoms with E-state index in [1.54, 1.807) is 12.1 Å². The van der Waals surface area contributed by atoms with E-state index in [-0.39, 0.29) is 5.82 Å². The second kappa shape index (κ2) is 7.05. The van der Waals surface area contributed by atoms with Crippen LogP contribution in [-0.4, -0.2) is 0 Å². The summed E-state index contributed by atoms with van der Waals surface area (Å²) >= 11 is 0. The number of rotatable bonds is 5. The molecule has 1 aromatic carbocycles. The number of benzene rings is 1. The quantitative estimate of drug-likeness (QED) is 0.610. The van der Waals surface area contributed by atoms with Gasteiger partial charge >= 0.3 is 0 Å². The first-order valence-corrected chi connectivity index (χ1v) is 6.31. The normalized spacial score (nSPS) is 14.2. The van der Waals surface area contributed by atoms with Gasteiger partial charge in [-0.2, -0.15) is 0 Å². The molecule has 0 spiro atoms. The minimum atomic E-state index is -0.157. The molecule has 1 unspecified atom stereocenters. The summed E-state index contributed by atoms with van der Waals surface area (Å²) in [5.41, 5.74) is 2.32. The predicted molar refractivity (Wildman–Crippen MR) is 72.6 cm³/mol. The Morgan fingerprint density at radius 2 is 2.12 bits per heavy atom. The molecule has 0 aliphatic rings. The molecule has 17 heavy (non-hydrogen) atoms. The third kappa shape index (κ3) is 3.85. The Morgan fingerprint density at radius 1 is 1.35 bits per heavy atom. The average Bonchev–Trinajstić information content (AvgIpc) is 2.34. The van der Waals surface area contributed by atoms with Gasteiger partial charge in [-0.25, -0.2) is 4.39 Å². The average molecular weight is 232 g/mol. The van der Waals surface area contributed by atoms with Gasteiger partial charge in [0.2, 0.25) is 0 Å². The van der Waals surface area contributed by atoms with E-state index >= 15 is 0 Å². The van der Waals surface area contributed by atoms with Crippen LogP contribution in [0.15, 0.2) is 48.1 Å². The largest absolute Gasteiger partial charge is 0.207 e. The minimum Gasteiger partial charge on any atom is -0.207 e. The van der Waals surface area contributed by atoms with E-state index in [9.17, 15) is 4.39 Å². The van der Waals surface area contributed by atoms with Crippen molar-refractivity contribution in [1.29, 1.82) is 0 Å². The van der Waals surface area contributed by atoms with Crippen LogP contribution in [0.25, 0.3) is 0 Å². The Labute approximate surface area is 104 Å². The Bertz CT molecular complexity index is 402. The fourth-order valence-corrected chi connectivity index (χ4v) is 2.05. The molecule has 0 N–H and O–H groups in total. The van der Waals surface area contributed by atoms with Crippen LogP contribution < -0.4 is 0 Å². The summed E-state index contributed by atoms with van der Waals surface area (Å²) in [5.74, 6) is 0.134. The summed E-state index contributed by atoms with van der Waals surface area (Å²) in [6.07, 6.45) is 8.43. The first-order chi connectivity index (χ1) is 8.22. The van der Waals surface area contributed by atoms with E-state index in [0.29, 0.717) is 5.92 Å². The van der Waals surface area contributed by atoms with Crippen molar-refractivity contribution in [2.45, 2.75) is 39.5 Å². The van der Waals surface area contributed by atoms with E-state index in [2.05, 4.69) is 32.1 Å². The van der Waals surface area contributed by atoms with E-state index in [1.807, 2.05) is 13.0 Å². The van der Waals surface area contributed by atoms with Crippen LogP contribution in [0.5, 0.6) is 0 Å². The molecule has 0 aliphatic heterocycles. The highest BCUT2D eigenvalue weighted by Gasteiger charge is 2.12. The van der Waals surface area contributed by atoms with Crippen LogP contribution in [0.1, 0.15) is 45.1 Å². The summed E-state index contributed by atoms with van der Waals surface area (Å²) in [5, 5.41) is 0. The van der Waals surface area contributed by atoms with Crippen molar-refractivity contribution in [3.05, 3.63) is 59.4 Å². The SMILES string of the molecule is C/C=C(\C=C/CC)C(CC)c1cccc(F)c1. The van der Waals surface area contributed by atoms with Gasteiger partial charge in [0.05, 0.1) is 0 Å². The van der Waals surface area contributed by atoms with Crippen LogP contribution in [0.2, 0.25) is 0 Å². The second-order valence-corrected chi connectivity index (χ2v) is 4.12. The maximum absolute atomic E-state index is 13.2. The van der Waals surface area contributed by atoms with Gasteiger partial charge in [-0.05, 0) is 43.0 Å². The monoisotopic (exact) mass is 232 g/mol. The molecule has 1 heteroatoms. The van der Waals surface area contributed by atoms with Gasteiger partial charge in [-0.1, -0.05) is 44.2 Å². The molecule has 0 bridgehead atoms. The van der Waals surface area contributed by atoms with E-state index in [1.165, 1.54) is 11.6 Å². The maximum atomic E-state index is 13.2. The fraction of sp³-hybridized carbons (Fsp3) is 0.375. The van der Waals surface area contributed by atoms with Crippen molar-refractivity contribution in [3.8, 4) is 0 Å². The second-order valence-electron chi connectivity index (χ2n) is 4.12. The zero-order valence-electron chi connectivity index (χ0n) is 10.9. The van der Waals surface area contributed by atoms with Crippen LogP contribution in [0.3, 0.4) is 0 Å². The Kier molecular flexibility index (Phi) is 5.68. The highest BCUT2D eigenvalue weighted by atomic mass is 19.1. The third-order valence-electron chi connectivity index (χ3n) is 2.94. The highest BCUT2D eigenvalue weighted by molar-refractivity contribution is 5.34. The lowest BCUT2D eigenvalue weighted by Crippen LogP contribution is -2.00. The van der Waals surface area contributed by atoms with Crippen molar-refractivity contribution in [3.63, 3.8) is 0 Å². The summed E-state index contributed by atoms with van der Waals surface area (Å²) in [4.78, 5) is 0. The number of hydrogen-bond donors (Lipinski definition) is 0. The van der Waals surface area contributed by atoms with Gasteiger partial charge < -0.3 is 0 Å². The number of allylic oxidation sites excluding steroid dienone is 4. The van der Waals surface area contributed by atoms with E-state index < -0.39 is 0 Å². The molecule has 0 nitrogen and oxygen atoms in total. The first-order valence-electron chi connectivity index (χ1n) is 6.31. The van der Waals surface area contributed by atoms with Crippen LogP contribution >= 0.6 is 0 Å². The lowest BCUT2D eigenvalue weighted by molar-refractivity contribution is 0.622. The van der Waals surface area contributed by atoms with Gasteiger partial charge in [-0.3, -0.25) is 0 Å². The number of halogens is 1.